The van der Waals surface area contributed by atoms with Gasteiger partial charge in [0, 0.05) is 5.56 Å². The molecule has 5 heteroatoms. The minimum Gasteiger partial charge on any atom is -0.472 e. The van der Waals surface area contributed by atoms with E-state index in [1.807, 2.05) is 0 Å². The fourth-order valence-electron chi connectivity index (χ4n) is 1.25. The van der Waals surface area contributed by atoms with Crippen LogP contribution < -0.4 is 0 Å². The topological polar surface area (TPSA) is 30.2 Å². The molecule has 0 amide bonds. The molecule has 0 spiro atoms. The van der Waals surface area contributed by atoms with Crippen LogP contribution in [0.15, 0.2) is 39.6 Å². The van der Waals surface area contributed by atoms with Crippen molar-refractivity contribution in [2.75, 3.05) is 0 Å². The Bertz CT molecular complexity index is 535. The van der Waals surface area contributed by atoms with E-state index >= 15 is 0 Å². The third-order valence-electron chi connectivity index (χ3n) is 2.06. The van der Waals surface area contributed by atoms with Gasteiger partial charge in [-0.1, -0.05) is 0 Å². The summed E-state index contributed by atoms with van der Waals surface area (Å²) in [6.45, 7) is 0. The zero-order valence-corrected chi connectivity index (χ0v) is 9.42. The standard InChI is InChI=1S/C11H5BrF2O2/c12-9-7(1-2-8(13)10(9)14)11(15)6-3-4-16-5-6/h1-5H. The van der Waals surface area contributed by atoms with Crippen molar-refractivity contribution in [3.05, 3.63) is 58.0 Å². The van der Waals surface area contributed by atoms with E-state index in [0.29, 0.717) is 0 Å². The molecule has 1 aromatic carbocycles. The zero-order chi connectivity index (χ0) is 11.7. The number of carbonyl (C=O) groups excluding carboxylic acids is 1. The molecule has 1 heterocycles. The van der Waals surface area contributed by atoms with Crippen molar-refractivity contribution in [2.24, 2.45) is 0 Å². The van der Waals surface area contributed by atoms with E-state index in [4.69, 9.17) is 4.42 Å². The number of furan rings is 1. The summed E-state index contributed by atoms with van der Waals surface area (Å²) in [6.07, 6.45) is 2.58. The van der Waals surface area contributed by atoms with E-state index < -0.39 is 17.4 Å². The number of rotatable bonds is 2. The van der Waals surface area contributed by atoms with E-state index in [-0.39, 0.29) is 15.6 Å². The van der Waals surface area contributed by atoms with Gasteiger partial charge in [-0.2, -0.15) is 0 Å². The Morgan fingerprint density at radius 2 is 2.00 bits per heavy atom. The number of hydrogen-bond acceptors (Lipinski definition) is 2. The molecule has 0 saturated heterocycles. The molecule has 2 rings (SSSR count). The second-order valence-electron chi connectivity index (χ2n) is 3.06. The maximum absolute atomic E-state index is 13.2. The van der Waals surface area contributed by atoms with Crippen LogP contribution >= 0.6 is 15.9 Å². The molecule has 0 atom stereocenters. The van der Waals surface area contributed by atoms with Crippen molar-refractivity contribution in [3.8, 4) is 0 Å². The maximum atomic E-state index is 13.2. The average Bonchev–Trinajstić information content (AvgIpc) is 2.79. The van der Waals surface area contributed by atoms with Gasteiger partial charge in [0.2, 0.25) is 0 Å². The van der Waals surface area contributed by atoms with Crippen molar-refractivity contribution >= 4 is 21.7 Å². The summed E-state index contributed by atoms with van der Waals surface area (Å²) in [6, 6.07) is 3.58. The molecule has 0 saturated carbocycles. The first-order valence-electron chi connectivity index (χ1n) is 4.31. The van der Waals surface area contributed by atoms with Gasteiger partial charge in [0.05, 0.1) is 16.3 Å². The van der Waals surface area contributed by atoms with Crippen molar-refractivity contribution in [1.29, 1.82) is 0 Å². The second kappa shape index (κ2) is 4.17. The SMILES string of the molecule is O=C(c1ccoc1)c1ccc(F)c(F)c1Br. The van der Waals surface area contributed by atoms with Crippen molar-refractivity contribution < 1.29 is 18.0 Å². The van der Waals surface area contributed by atoms with Crippen LogP contribution in [0.25, 0.3) is 0 Å². The molecule has 2 aromatic rings. The van der Waals surface area contributed by atoms with Crippen LogP contribution in [0.5, 0.6) is 0 Å². The summed E-state index contributed by atoms with van der Waals surface area (Å²) >= 11 is 2.85. The Kier molecular flexibility index (Phi) is 2.87. The first-order chi connectivity index (χ1) is 7.61. The van der Waals surface area contributed by atoms with Crippen LogP contribution in [0, 0.1) is 11.6 Å². The van der Waals surface area contributed by atoms with E-state index in [0.717, 1.165) is 6.07 Å². The summed E-state index contributed by atoms with van der Waals surface area (Å²) < 4.78 is 30.6. The fourth-order valence-corrected chi connectivity index (χ4v) is 1.75. The van der Waals surface area contributed by atoms with Crippen LogP contribution in [0.2, 0.25) is 0 Å². The lowest BCUT2D eigenvalue weighted by Gasteiger charge is -2.03. The zero-order valence-electron chi connectivity index (χ0n) is 7.84. The molecular weight excluding hydrogens is 282 g/mol. The molecule has 0 unspecified atom stereocenters. The molecule has 16 heavy (non-hydrogen) atoms. The number of ketones is 1. The Balaban J connectivity index is 2.50. The van der Waals surface area contributed by atoms with E-state index in [2.05, 4.69) is 15.9 Å². The summed E-state index contributed by atoms with van der Waals surface area (Å²) in [4.78, 5) is 11.8. The lowest BCUT2D eigenvalue weighted by atomic mass is 10.1. The molecule has 1 aromatic heterocycles. The highest BCUT2D eigenvalue weighted by molar-refractivity contribution is 9.10. The molecule has 0 aliphatic rings. The predicted octanol–water partition coefficient (Wildman–Crippen LogP) is 3.55. The number of halogens is 3. The summed E-state index contributed by atoms with van der Waals surface area (Å²) in [7, 11) is 0. The fraction of sp³-hybridized carbons (Fsp3) is 0. The van der Waals surface area contributed by atoms with Crippen molar-refractivity contribution in [1.82, 2.24) is 0 Å². The highest BCUT2D eigenvalue weighted by Gasteiger charge is 2.18. The molecule has 0 radical (unpaired) electrons. The highest BCUT2D eigenvalue weighted by Crippen LogP contribution is 2.25. The monoisotopic (exact) mass is 286 g/mol. The first-order valence-corrected chi connectivity index (χ1v) is 5.11. The van der Waals surface area contributed by atoms with Gasteiger partial charge in [0.1, 0.15) is 6.26 Å². The molecule has 0 bridgehead atoms. The van der Waals surface area contributed by atoms with Crippen LogP contribution in [0.3, 0.4) is 0 Å². The number of hydrogen-bond donors (Lipinski definition) is 0. The molecule has 0 N–H and O–H groups in total. The normalized spacial score (nSPS) is 10.4. The molecule has 0 fully saturated rings. The van der Waals surface area contributed by atoms with Gasteiger partial charge in [-0.15, -0.1) is 0 Å². The van der Waals surface area contributed by atoms with E-state index in [9.17, 15) is 13.6 Å². The smallest absolute Gasteiger partial charge is 0.197 e. The summed E-state index contributed by atoms with van der Waals surface area (Å²) in [5.74, 6) is -2.51. The van der Waals surface area contributed by atoms with Crippen LogP contribution in [0.4, 0.5) is 8.78 Å². The largest absolute Gasteiger partial charge is 0.472 e. The average molecular weight is 287 g/mol. The van der Waals surface area contributed by atoms with Gasteiger partial charge in [0.25, 0.3) is 0 Å². The van der Waals surface area contributed by atoms with E-state index in [1.54, 1.807) is 0 Å². The van der Waals surface area contributed by atoms with Gasteiger partial charge >= 0.3 is 0 Å². The highest BCUT2D eigenvalue weighted by atomic mass is 79.9. The van der Waals surface area contributed by atoms with Crippen LogP contribution in [0.1, 0.15) is 15.9 Å². The molecule has 2 nitrogen and oxygen atoms in total. The van der Waals surface area contributed by atoms with Gasteiger partial charge in [-0.3, -0.25) is 4.79 Å². The van der Waals surface area contributed by atoms with Crippen molar-refractivity contribution in [3.63, 3.8) is 0 Å². The minimum absolute atomic E-state index is 0.0558. The molecule has 0 aliphatic carbocycles. The second-order valence-corrected chi connectivity index (χ2v) is 3.86. The Morgan fingerprint density at radius 1 is 1.25 bits per heavy atom. The minimum atomic E-state index is -1.07. The van der Waals surface area contributed by atoms with Gasteiger partial charge in [-0.05, 0) is 34.1 Å². The predicted molar refractivity (Wildman–Crippen MR) is 56.2 cm³/mol. The Morgan fingerprint density at radius 3 is 2.62 bits per heavy atom. The van der Waals surface area contributed by atoms with Crippen LogP contribution in [-0.2, 0) is 0 Å². The lowest BCUT2D eigenvalue weighted by Crippen LogP contribution is -2.03. The molecular formula is C11H5BrF2O2. The maximum Gasteiger partial charge on any atom is 0.197 e. The van der Waals surface area contributed by atoms with Gasteiger partial charge in [-0.25, -0.2) is 8.78 Å². The third-order valence-corrected chi connectivity index (χ3v) is 2.84. The van der Waals surface area contributed by atoms with Gasteiger partial charge in [0.15, 0.2) is 17.4 Å². The molecule has 82 valence electrons. The van der Waals surface area contributed by atoms with E-state index in [1.165, 1.54) is 24.7 Å². The third kappa shape index (κ3) is 1.78. The Hall–Kier alpha value is -1.49. The van der Waals surface area contributed by atoms with Crippen LogP contribution in [-0.4, -0.2) is 5.78 Å². The first kappa shape index (κ1) is 11.0. The summed E-state index contributed by atoms with van der Waals surface area (Å²) in [5, 5.41) is 0. The quantitative estimate of drug-likeness (QED) is 0.624. The van der Waals surface area contributed by atoms with Gasteiger partial charge < -0.3 is 4.42 Å². The Labute approximate surface area is 98.0 Å². The number of carbonyl (C=O) groups is 1. The molecule has 0 aliphatic heterocycles. The summed E-state index contributed by atoms with van der Waals surface area (Å²) in [5.41, 5.74) is 0.340. The number of benzene rings is 1. The lowest BCUT2D eigenvalue weighted by molar-refractivity contribution is 0.103. The van der Waals surface area contributed by atoms with Crippen molar-refractivity contribution in [2.45, 2.75) is 0 Å².